The van der Waals surface area contributed by atoms with E-state index < -0.39 is 7.82 Å². The molecule has 12 heteroatoms. The molecule has 148 valence electrons. The van der Waals surface area contributed by atoms with Crippen LogP contribution in [-0.4, -0.2) is 29.2 Å². The third kappa shape index (κ3) is 6.09. The molecule has 0 aliphatic heterocycles. The summed E-state index contributed by atoms with van der Waals surface area (Å²) >= 11 is 0. The average Bonchev–Trinajstić information content (AvgIpc) is 3.12. The molecule has 30 heavy (non-hydrogen) atoms. The first kappa shape index (κ1) is 27.2. The van der Waals surface area contributed by atoms with E-state index in [1.165, 1.54) is 24.1 Å². The van der Waals surface area contributed by atoms with Gasteiger partial charge in [0.1, 0.15) is 25.1 Å². The van der Waals surface area contributed by atoms with E-state index in [1.807, 2.05) is 19.9 Å². The molecule has 0 saturated heterocycles. The van der Waals surface area contributed by atoms with Crippen LogP contribution >= 0.6 is 7.82 Å². The van der Waals surface area contributed by atoms with Crippen molar-refractivity contribution in [2.24, 2.45) is 0 Å². The second kappa shape index (κ2) is 11.1. The Kier molecular flexibility index (Phi) is 10.1. The van der Waals surface area contributed by atoms with E-state index >= 15 is 0 Å². The molecule has 1 aromatic heterocycles. The summed E-state index contributed by atoms with van der Waals surface area (Å²) < 4.78 is 27.8. The monoisotopic (exact) mass is 449 g/mol. The standard InChI is InChI=1S/C18H20N3O6P.2Na/c1-11-7-13(8-17(26-4)12(11)2)21-16(10-19-20-21)15-6-5-14(25-3)9-18(15)27-28(22,23)24;;/h5-10H,1-4H3,(H2,22,23,24);;/q;2*+1/p-2. The van der Waals surface area contributed by atoms with E-state index in [2.05, 4.69) is 14.8 Å². The van der Waals surface area contributed by atoms with Crippen LogP contribution in [0.25, 0.3) is 16.9 Å². The van der Waals surface area contributed by atoms with Gasteiger partial charge in [-0.15, -0.1) is 5.10 Å². The number of benzene rings is 2. The predicted molar refractivity (Wildman–Crippen MR) is 97.6 cm³/mol. The van der Waals surface area contributed by atoms with E-state index in [9.17, 15) is 14.4 Å². The Balaban J connectivity index is 0.00000225. The second-order valence-electron chi connectivity index (χ2n) is 6.02. The minimum Gasteiger partial charge on any atom is -0.780 e. The molecule has 0 atom stereocenters. The summed E-state index contributed by atoms with van der Waals surface area (Å²) in [6.45, 7) is 3.88. The number of nitrogens with zero attached hydrogens (tertiary/aromatic N) is 3. The molecule has 0 saturated carbocycles. The number of phosphoric acid groups is 1. The molecule has 1 heterocycles. The van der Waals surface area contributed by atoms with Gasteiger partial charge in [0, 0.05) is 17.7 Å². The van der Waals surface area contributed by atoms with Crippen molar-refractivity contribution in [1.82, 2.24) is 15.0 Å². The Labute approximate surface area is 218 Å². The average molecular weight is 449 g/mol. The SMILES string of the molecule is COc1ccc(-c2cnnn2-c2cc(C)c(C)c(OC)c2)c(OP(=O)([O-])[O-])c1.[Na+].[Na+]. The zero-order chi connectivity index (χ0) is 20.5. The smallest absolute Gasteiger partial charge is 0.780 e. The first-order valence-corrected chi connectivity index (χ1v) is 9.66. The Morgan fingerprint density at radius 3 is 2.30 bits per heavy atom. The van der Waals surface area contributed by atoms with Crippen molar-refractivity contribution in [3.63, 3.8) is 0 Å². The van der Waals surface area contributed by atoms with E-state index in [0.717, 1.165) is 11.1 Å². The molecule has 0 bridgehead atoms. The number of ether oxygens (including phenoxy) is 2. The van der Waals surface area contributed by atoms with Gasteiger partial charge in [-0.25, -0.2) is 4.68 Å². The van der Waals surface area contributed by atoms with Gasteiger partial charge >= 0.3 is 59.1 Å². The number of methoxy groups -OCH3 is 2. The zero-order valence-electron chi connectivity index (χ0n) is 17.7. The Hall–Kier alpha value is -0.870. The number of aryl methyl sites for hydroxylation is 1. The van der Waals surface area contributed by atoms with Crippen LogP contribution in [0.2, 0.25) is 0 Å². The predicted octanol–water partition coefficient (Wildman–Crippen LogP) is -4.22. The zero-order valence-corrected chi connectivity index (χ0v) is 22.6. The molecular weight excluding hydrogens is 431 g/mol. The maximum Gasteiger partial charge on any atom is 1.00 e. The summed E-state index contributed by atoms with van der Waals surface area (Å²) in [6, 6.07) is 8.18. The van der Waals surface area contributed by atoms with Crippen LogP contribution in [0.1, 0.15) is 11.1 Å². The van der Waals surface area contributed by atoms with Crippen molar-refractivity contribution in [2.45, 2.75) is 13.8 Å². The van der Waals surface area contributed by atoms with Crippen molar-refractivity contribution in [2.75, 3.05) is 14.2 Å². The minimum atomic E-state index is -5.29. The molecule has 3 rings (SSSR count). The van der Waals surface area contributed by atoms with Crippen molar-refractivity contribution >= 4 is 7.82 Å². The molecule has 0 unspecified atom stereocenters. The largest absolute Gasteiger partial charge is 1.00 e. The van der Waals surface area contributed by atoms with Crippen LogP contribution in [0.5, 0.6) is 17.2 Å². The maximum absolute atomic E-state index is 11.2. The first-order valence-electron chi connectivity index (χ1n) is 8.20. The Morgan fingerprint density at radius 1 is 1.00 bits per heavy atom. The van der Waals surface area contributed by atoms with E-state index in [4.69, 9.17) is 9.47 Å². The minimum absolute atomic E-state index is 0. The fourth-order valence-corrected chi connectivity index (χ4v) is 3.18. The summed E-state index contributed by atoms with van der Waals surface area (Å²) in [7, 11) is -2.30. The summed E-state index contributed by atoms with van der Waals surface area (Å²) in [5.74, 6) is 0.831. The summed E-state index contributed by atoms with van der Waals surface area (Å²) in [4.78, 5) is 22.4. The van der Waals surface area contributed by atoms with Gasteiger partial charge in [-0.3, -0.25) is 0 Å². The number of aromatic nitrogens is 3. The van der Waals surface area contributed by atoms with Gasteiger partial charge in [0.25, 0.3) is 0 Å². The molecule has 0 spiro atoms. The van der Waals surface area contributed by atoms with Gasteiger partial charge in [-0.1, -0.05) is 5.21 Å². The third-order valence-electron chi connectivity index (χ3n) is 4.29. The molecule has 0 aliphatic rings. The normalized spacial score (nSPS) is 10.6. The van der Waals surface area contributed by atoms with E-state index in [0.29, 0.717) is 28.4 Å². The van der Waals surface area contributed by atoms with Gasteiger partial charge in [0.05, 0.1) is 31.8 Å². The molecule has 0 fully saturated rings. The molecule has 0 aliphatic carbocycles. The van der Waals surface area contributed by atoms with Gasteiger partial charge in [0.15, 0.2) is 0 Å². The molecule has 0 radical (unpaired) electrons. The fourth-order valence-electron chi connectivity index (χ4n) is 2.79. The number of phosphoric ester groups is 1. The molecule has 3 aromatic rings. The van der Waals surface area contributed by atoms with Gasteiger partial charge < -0.3 is 28.3 Å². The van der Waals surface area contributed by atoms with Crippen LogP contribution in [0.4, 0.5) is 0 Å². The Morgan fingerprint density at radius 2 is 1.70 bits per heavy atom. The summed E-state index contributed by atoms with van der Waals surface area (Å²) in [5.41, 5.74) is 3.36. The van der Waals surface area contributed by atoms with Crippen molar-refractivity contribution < 1.29 is 87.5 Å². The quantitative estimate of drug-likeness (QED) is 0.274. The molecule has 0 amide bonds. The van der Waals surface area contributed by atoms with Crippen LogP contribution in [0.15, 0.2) is 36.5 Å². The van der Waals surface area contributed by atoms with Crippen molar-refractivity contribution in [3.8, 4) is 34.2 Å². The second-order valence-corrected chi connectivity index (χ2v) is 7.10. The topological polar surface area (TPSA) is 122 Å². The number of hydrogen-bond acceptors (Lipinski definition) is 8. The van der Waals surface area contributed by atoms with Gasteiger partial charge in [-0.05, 0) is 43.2 Å². The van der Waals surface area contributed by atoms with Crippen molar-refractivity contribution in [1.29, 1.82) is 0 Å². The third-order valence-corrected chi connectivity index (χ3v) is 4.71. The van der Waals surface area contributed by atoms with Crippen LogP contribution < -0.4 is 82.9 Å². The molecule has 9 nitrogen and oxygen atoms in total. The molecular formula is C18H18N3Na2O6P. The van der Waals surface area contributed by atoms with E-state index in [1.54, 1.807) is 25.3 Å². The Bertz CT molecular complexity index is 1070. The van der Waals surface area contributed by atoms with Crippen LogP contribution in [0.3, 0.4) is 0 Å². The summed E-state index contributed by atoms with van der Waals surface area (Å²) in [6.07, 6.45) is 1.44. The fraction of sp³-hybridized carbons (Fsp3) is 0.222. The first-order chi connectivity index (χ1) is 13.2. The maximum atomic E-state index is 11.2. The van der Waals surface area contributed by atoms with Crippen molar-refractivity contribution in [3.05, 3.63) is 47.7 Å². The molecule has 0 N–H and O–H groups in total. The number of rotatable bonds is 6. The van der Waals surface area contributed by atoms with Crippen LogP contribution in [-0.2, 0) is 4.57 Å². The summed E-state index contributed by atoms with van der Waals surface area (Å²) in [5, 5.41) is 8.01. The van der Waals surface area contributed by atoms with Gasteiger partial charge in [0.2, 0.25) is 0 Å². The van der Waals surface area contributed by atoms with Gasteiger partial charge in [-0.2, -0.15) is 0 Å². The molecule has 2 aromatic carbocycles. The number of hydrogen-bond donors (Lipinski definition) is 0. The van der Waals surface area contributed by atoms with Crippen LogP contribution in [0, 0.1) is 13.8 Å². The van der Waals surface area contributed by atoms with E-state index in [-0.39, 0.29) is 64.9 Å².